The summed E-state index contributed by atoms with van der Waals surface area (Å²) < 4.78 is 7.34. The van der Waals surface area contributed by atoms with Crippen LogP contribution in [0.2, 0.25) is 0 Å². The van der Waals surface area contributed by atoms with E-state index >= 15 is 0 Å². The Labute approximate surface area is 857 Å². The lowest BCUT2D eigenvalue weighted by atomic mass is 9.86. The van der Waals surface area contributed by atoms with Gasteiger partial charge >= 0.3 is 0 Å². The van der Waals surface area contributed by atoms with Gasteiger partial charge in [-0.2, -0.15) is 0 Å². The first-order valence-electron chi connectivity index (χ1n) is 51.8. The van der Waals surface area contributed by atoms with Crippen molar-refractivity contribution in [2.45, 2.75) is 0 Å². The van der Waals surface area contributed by atoms with E-state index in [2.05, 4.69) is 554 Å². The third kappa shape index (κ3) is 12.7. The van der Waals surface area contributed by atoms with Crippen molar-refractivity contribution in [3.63, 3.8) is 0 Å². The molecule has 3 nitrogen and oxygen atoms in total. The fourth-order valence-electron chi connectivity index (χ4n) is 26.2. The molecule has 33 rings (SSSR count). The predicted molar refractivity (Wildman–Crippen MR) is 642 cm³/mol. The van der Waals surface area contributed by atoms with Gasteiger partial charge in [-0.1, -0.05) is 461 Å². The normalized spacial score (nSPS) is 12.0. The molecule has 0 bridgehead atoms. The monoisotopic (exact) mass is 1880 g/mol. The van der Waals surface area contributed by atoms with Crippen LogP contribution in [0.25, 0.3) is 310 Å². The standard InChI is InChI=1S/C54H33N.C48H29N.C44H27N/c1-3-15-34(16-4-1)35-27-30-47-50(32-35)55(37-17-5-2-6-18-37)51-33-48(40-21-9-11-23-42(40)52(47)51)36-28-29-46-49(31-36)41-22-10-14-26-45(41)53-43-24-12-7-19-38(43)39-20-8-13-25-44(39)54(46)53;1-4-18-39-33(13-1)34-14-2-5-19-40(34)48-42-28-27-30(29-43(42)35-15-3-6-20-41(35)47(39)48)31-21-11-23-36-32(31)22-12-26-46(36)49-44-24-9-7-16-37(44)38-17-8-10-25-45(38)49;1-2-13-29(14-3-1)45-41-24-11-10-18-34(41)39-23-12-22-30(44(39)45)28-25-26-38-40(27-28)33-17-6-9-21-37(33)42-35-19-7-4-15-31(35)32-16-5-8-20-36(32)43(38)42/h1-33H;1-29H;1-27H. The number of nitrogens with zero attached hydrogens (tertiary/aromatic N) is 3. The number of fused-ring (bicyclic) bond motifs is 45. The second-order valence-corrected chi connectivity index (χ2v) is 40.0. The fourth-order valence-corrected chi connectivity index (χ4v) is 26.2. The van der Waals surface area contributed by atoms with Crippen molar-refractivity contribution in [2.24, 2.45) is 0 Å². The van der Waals surface area contributed by atoms with Gasteiger partial charge in [0.1, 0.15) is 0 Å². The van der Waals surface area contributed by atoms with Gasteiger partial charge in [-0.3, -0.25) is 0 Å². The van der Waals surface area contributed by atoms with E-state index in [4.69, 9.17) is 0 Å². The maximum atomic E-state index is 2.47. The van der Waals surface area contributed by atoms with Crippen LogP contribution in [0.4, 0.5) is 0 Å². The van der Waals surface area contributed by atoms with Crippen molar-refractivity contribution in [1.29, 1.82) is 0 Å². The van der Waals surface area contributed by atoms with Gasteiger partial charge in [-0.05, 0) is 296 Å². The molecule has 0 amide bonds. The number of rotatable bonds is 7. The van der Waals surface area contributed by atoms with Crippen LogP contribution in [0.1, 0.15) is 0 Å². The molecule has 0 saturated heterocycles. The summed E-state index contributed by atoms with van der Waals surface area (Å²) >= 11 is 0. The number of hydrogen-bond acceptors (Lipinski definition) is 0. The van der Waals surface area contributed by atoms with Gasteiger partial charge in [-0.25, -0.2) is 0 Å². The van der Waals surface area contributed by atoms with Crippen molar-refractivity contribution < 1.29 is 0 Å². The number of aromatic nitrogens is 3. The quantitative estimate of drug-likeness (QED) is 0.141. The molecule has 3 heterocycles. The SMILES string of the molecule is c1cc(-n2c3ccccc3c3ccccc32)c2cccc(-c3ccc4c(c3)c3ccccc3c3c5ccccc5c5ccccc5c43)c2c1.c1ccc(-c2ccc3c4c5ccccc5c(-c5ccc6c(c5)c5ccccc5c5c7ccccc7c7ccccc7c65)cc4n(-c4ccccc4)c3c2)cc1.c1ccc(-n2c3ccccc3c3cccc(-c4ccc5c(c4)c4ccccc4c4c6ccccc6c6ccccc6c54)c32)cc1. The second-order valence-electron chi connectivity index (χ2n) is 40.0. The van der Waals surface area contributed by atoms with E-state index in [-0.39, 0.29) is 0 Å². The molecule has 3 aromatic heterocycles. The third-order valence-electron chi connectivity index (χ3n) is 32.4. The average Bonchev–Trinajstić information content (AvgIpc) is 1.70. The smallest absolute Gasteiger partial charge is 0.0619 e. The zero-order valence-corrected chi connectivity index (χ0v) is 81.2. The van der Waals surface area contributed by atoms with Crippen LogP contribution < -0.4 is 0 Å². The Balaban J connectivity index is 0.000000101. The van der Waals surface area contributed by atoms with Crippen LogP contribution in [0.3, 0.4) is 0 Å². The molecule has 30 aromatic carbocycles. The van der Waals surface area contributed by atoms with Crippen molar-refractivity contribution in [3.05, 3.63) is 540 Å². The molecule has 0 radical (unpaired) electrons. The summed E-state index contributed by atoms with van der Waals surface area (Å²) in [4.78, 5) is 0. The molecule has 0 unspecified atom stereocenters. The lowest BCUT2D eigenvalue weighted by Gasteiger charge is -2.18. The van der Waals surface area contributed by atoms with Gasteiger partial charge in [0, 0.05) is 54.6 Å². The maximum absolute atomic E-state index is 2.47. The average molecular weight is 1890 g/mol. The van der Waals surface area contributed by atoms with E-state index in [1.54, 1.807) is 0 Å². The van der Waals surface area contributed by atoms with Crippen molar-refractivity contribution in [3.8, 4) is 61.6 Å². The molecule has 3 heteroatoms. The van der Waals surface area contributed by atoms with Gasteiger partial charge < -0.3 is 13.7 Å². The van der Waals surface area contributed by atoms with E-state index in [1.807, 2.05) is 0 Å². The first-order valence-corrected chi connectivity index (χ1v) is 51.8. The van der Waals surface area contributed by atoms with Gasteiger partial charge in [0.2, 0.25) is 0 Å². The molecule has 0 fully saturated rings. The minimum absolute atomic E-state index is 1.16. The summed E-state index contributed by atoms with van der Waals surface area (Å²) in [6.45, 7) is 0. The third-order valence-corrected chi connectivity index (χ3v) is 32.4. The highest BCUT2D eigenvalue weighted by atomic mass is 15.0. The minimum atomic E-state index is 1.16. The Bertz CT molecular complexity index is 11500. The molecule has 0 saturated carbocycles. The van der Waals surface area contributed by atoms with Crippen LogP contribution in [-0.4, -0.2) is 13.7 Å². The summed E-state index contributed by atoms with van der Waals surface area (Å²) in [6, 6.07) is 199. The first-order chi connectivity index (χ1) is 74.0. The van der Waals surface area contributed by atoms with E-state index in [9.17, 15) is 0 Å². The predicted octanol–water partition coefficient (Wildman–Crippen LogP) is 40.6. The number of hydrogen-bond donors (Lipinski definition) is 0. The molecule has 0 N–H and O–H groups in total. The second kappa shape index (κ2) is 33.5. The van der Waals surface area contributed by atoms with Crippen LogP contribution in [0, 0.1) is 0 Å². The summed E-state index contributed by atoms with van der Waals surface area (Å²) in [5.74, 6) is 0. The maximum Gasteiger partial charge on any atom is 0.0619 e. The zero-order valence-electron chi connectivity index (χ0n) is 81.2. The number of benzene rings is 30. The molecule has 0 aliphatic rings. The van der Waals surface area contributed by atoms with E-state index in [1.165, 1.54) is 304 Å². The Hall–Kier alpha value is -19.6. The van der Waals surface area contributed by atoms with Gasteiger partial charge in [-0.15, -0.1) is 0 Å². The molecule has 0 atom stereocenters. The Morgan fingerprint density at radius 1 is 0.101 bits per heavy atom. The molecule has 0 spiro atoms. The highest BCUT2D eigenvalue weighted by Crippen LogP contribution is 2.53. The lowest BCUT2D eigenvalue weighted by molar-refractivity contribution is 1.18. The first kappa shape index (κ1) is 84.0. The highest BCUT2D eigenvalue weighted by molar-refractivity contribution is 6.44. The minimum Gasteiger partial charge on any atom is -0.309 e. The van der Waals surface area contributed by atoms with E-state index in [0.717, 1.165) is 5.69 Å². The molecular formula is C146H89N3. The van der Waals surface area contributed by atoms with Crippen LogP contribution >= 0.6 is 0 Å². The van der Waals surface area contributed by atoms with Crippen molar-refractivity contribution in [2.75, 3.05) is 0 Å². The fraction of sp³-hybridized carbons (Fsp3) is 0. The summed E-state index contributed by atoms with van der Waals surface area (Å²) in [5, 5.41) is 51.8. The molecule has 0 aliphatic carbocycles. The highest BCUT2D eigenvalue weighted by Gasteiger charge is 2.27. The Morgan fingerprint density at radius 3 is 0.772 bits per heavy atom. The van der Waals surface area contributed by atoms with Crippen molar-refractivity contribution in [1.82, 2.24) is 13.7 Å². The van der Waals surface area contributed by atoms with Crippen molar-refractivity contribution >= 4 is 249 Å². The van der Waals surface area contributed by atoms with Gasteiger partial charge in [0.25, 0.3) is 0 Å². The zero-order chi connectivity index (χ0) is 97.6. The molecule has 33 aromatic rings. The molecular weight excluding hydrogens is 1800 g/mol. The summed E-state index contributed by atoms with van der Waals surface area (Å²) in [7, 11) is 0. The largest absolute Gasteiger partial charge is 0.309 e. The van der Waals surface area contributed by atoms with Crippen LogP contribution in [0.15, 0.2) is 540 Å². The van der Waals surface area contributed by atoms with Gasteiger partial charge in [0.05, 0.1) is 38.8 Å². The summed E-state index contributed by atoms with van der Waals surface area (Å²) in [6.07, 6.45) is 0. The van der Waals surface area contributed by atoms with Crippen LogP contribution in [-0.2, 0) is 0 Å². The lowest BCUT2D eigenvalue weighted by Crippen LogP contribution is -1.95. The topological polar surface area (TPSA) is 14.8 Å². The Morgan fingerprint density at radius 2 is 0.362 bits per heavy atom. The van der Waals surface area contributed by atoms with E-state index in [0.29, 0.717) is 0 Å². The Kier molecular flexibility index (Phi) is 18.9. The molecule has 688 valence electrons. The molecule has 0 aliphatic heterocycles. The van der Waals surface area contributed by atoms with Crippen LogP contribution in [0.5, 0.6) is 0 Å². The molecule has 149 heavy (non-hydrogen) atoms. The number of para-hydroxylation sites is 6. The van der Waals surface area contributed by atoms with E-state index < -0.39 is 0 Å². The summed E-state index contributed by atoms with van der Waals surface area (Å²) in [5.41, 5.74) is 20.7. The van der Waals surface area contributed by atoms with Gasteiger partial charge in [0.15, 0.2) is 0 Å².